The van der Waals surface area contributed by atoms with E-state index in [1.165, 1.54) is 96.3 Å². The van der Waals surface area contributed by atoms with Crippen LogP contribution in [0.2, 0.25) is 0 Å². The lowest BCUT2D eigenvalue weighted by molar-refractivity contribution is -0.697. The number of pyridine rings is 1. The van der Waals surface area contributed by atoms with Crippen molar-refractivity contribution < 1.29 is 9.36 Å². The fourth-order valence-corrected chi connectivity index (χ4v) is 4.54. The minimum atomic E-state index is 0.316. The SMILES string of the molecule is CCCCCCCCCCCC(CCCC[n+]1ccccc1)C(=O)CCCCCCC. The van der Waals surface area contributed by atoms with Crippen molar-refractivity contribution in [3.63, 3.8) is 0 Å². The Morgan fingerprint density at radius 3 is 1.68 bits per heavy atom. The lowest BCUT2D eigenvalue weighted by atomic mass is 9.88. The Balaban J connectivity index is 2.25. The van der Waals surface area contributed by atoms with Gasteiger partial charge in [0, 0.05) is 30.9 Å². The summed E-state index contributed by atoms with van der Waals surface area (Å²) in [6, 6.07) is 6.25. The first-order valence-electron chi connectivity index (χ1n) is 13.7. The van der Waals surface area contributed by atoms with E-state index in [0.717, 1.165) is 32.2 Å². The predicted octanol–water partition coefficient (Wildman–Crippen LogP) is 8.61. The van der Waals surface area contributed by atoms with Crippen LogP contribution in [-0.2, 0) is 11.3 Å². The zero-order valence-electron chi connectivity index (χ0n) is 21.0. The molecule has 0 spiro atoms. The molecule has 0 amide bonds. The van der Waals surface area contributed by atoms with Crippen molar-refractivity contribution in [2.75, 3.05) is 0 Å². The lowest BCUT2D eigenvalue weighted by Gasteiger charge is -2.16. The number of nitrogens with zero attached hydrogens (tertiary/aromatic N) is 1. The highest BCUT2D eigenvalue weighted by Crippen LogP contribution is 2.22. The molecular weight excluding hydrogens is 378 g/mol. The van der Waals surface area contributed by atoms with Gasteiger partial charge in [-0.3, -0.25) is 4.79 Å². The third-order valence-electron chi connectivity index (χ3n) is 6.63. The van der Waals surface area contributed by atoms with Gasteiger partial charge in [-0.2, -0.15) is 0 Å². The molecule has 1 heterocycles. The normalized spacial score (nSPS) is 12.2. The number of carbonyl (C=O) groups is 1. The molecule has 0 aliphatic rings. The molecule has 1 atom stereocenters. The summed E-state index contributed by atoms with van der Waals surface area (Å²) in [7, 11) is 0. The maximum Gasteiger partial charge on any atom is 0.168 e. The highest BCUT2D eigenvalue weighted by Gasteiger charge is 2.17. The minimum absolute atomic E-state index is 0.316. The van der Waals surface area contributed by atoms with Crippen molar-refractivity contribution in [3.05, 3.63) is 30.6 Å². The molecule has 0 bridgehead atoms. The van der Waals surface area contributed by atoms with E-state index in [1.807, 2.05) is 0 Å². The summed E-state index contributed by atoms with van der Waals surface area (Å²) in [6.45, 7) is 5.60. The first kappa shape index (κ1) is 27.9. The molecule has 0 N–H and O–H groups in total. The predicted molar refractivity (Wildman–Crippen MR) is 134 cm³/mol. The van der Waals surface area contributed by atoms with Crippen LogP contribution < -0.4 is 4.57 Å². The summed E-state index contributed by atoms with van der Waals surface area (Å²) in [4.78, 5) is 12.9. The molecule has 0 aromatic carbocycles. The molecule has 1 aromatic rings. The van der Waals surface area contributed by atoms with Gasteiger partial charge in [0.2, 0.25) is 0 Å². The number of Topliss-reactive ketones (excluding diaryl/α,β-unsaturated/α-hetero) is 1. The smallest absolute Gasteiger partial charge is 0.168 e. The van der Waals surface area contributed by atoms with Crippen LogP contribution in [0, 0.1) is 5.92 Å². The van der Waals surface area contributed by atoms with Gasteiger partial charge >= 0.3 is 0 Å². The first-order chi connectivity index (χ1) is 15.3. The van der Waals surface area contributed by atoms with Crippen LogP contribution in [0.5, 0.6) is 0 Å². The van der Waals surface area contributed by atoms with E-state index >= 15 is 0 Å². The molecule has 31 heavy (non-hydrogen) atoms. The van der Waals surface area contributed by atoms with Crippen molar-refractivity contribution in [3.8, 4) is 0 Å². The zero-order chi connectivity index (χ0) is 22.4. The van der Waals surface area contributed by atoms with E-state index in [2.05, 4.69) is 49.0 Å². The summed E-state index contributed by atoms with van der Waals surface area (Å²) < 4.78 is 2.26. The van der Waals surface area contributed by atoms with E-state index in [0.29, 0.717) is 11.7 Å². The Hall–Kier alpha value is -1.18. The molecule has 0 fully saturated rings. The van der Waals surface area contributed by atoms with Crippen molar-refractivity contribution in [1.29, 1.82) is 0 Å². The van der Waals surface area contributed by atoms with Gasteiger partial charge in [0.15, 0.2) is 12.4 Å². The molecule has 2 heteroatoms. The van der Waals surface area contributed by atoms with Crippen molar-refractivity contribution in [2.24, 2.45) is 5.92 Å². The molecule has 178 valence electrons. The van der Waals surface area contributed by atoms with Gasteiger partial charge in [0.1, 0.15) is 12.3 Å². The molecule has 0 saturated heterocycles. The van der Waals surface area contributed by atoms with Gasteiger partial charge in [-0.15, -0.1) is 0 Å². The number of aryl methyl sites for hydroxylation is 1. The number of rotatable bonds is 22. The van der Waals surface area contributed by atoms with Gasteiger partial charge in [0.05, 0.1) is 0 Å². The molecule has 1 rings (SSSR count). The average molecular weight is 431 g/mol. The fraction of sp³-hybridized carbons (Fsp3) is 0.793. The zero-order valence-corrected chi connectivity index (χ0v) is 21.0. The molecule has 1 aromatic heterocycles. The standard InChI is InChI=1S/C29H52NO/c1-3-5-7-9-10-11-12-14-16-22-28(29(31)24-17-13-8-6-4-2)23-18-21-27-30-25-19-15-20-26-30/h15,19-20,25-26,28H,3-14,16-18,21-24,27H2,1-2H3/q+1. The van der Waals surface area contributed by atoms with Crippen LogP contribution >= 0.6 is 0 Å². The fourth-order valence-electron chi connectivity index (χ4n) is 4.54. The summed E-state index contributed by atoms with van der Waals surface area (Å²) >= 11 is 0. The monoisotopic (exact) mass is 430 g/mol. The minimum Gasteiger partial charge on any atom is -0.299 e. The van der Waals surface area contributed by atoms with Gasteiger partial charge in [0.25, 0.3) is 0 Å². The molecule has 0 aliphatic carbocycles. The third kappa shape index (κ3) is 16.2. The molecule has 1 unspecified atom stereocenters. The molecule has 0 radical (unpaired) electrons. The second-order valence-electron chi connectivity index (χ2n) is 9.55. The van der Waals surface area contributed by atoms with Gasteiger partial charge < -0.3 is 0 Å². The van der Waals surface area contributed by atoms with Crippen LogP contribution in [0.4, 0.5) is 0 Å². The number of carbonyl (C=O) groups excluding carboxylic acids is 1. The van der Waals surface area contributed by atoms with E-state index < -0.39 is 0 Å². The van der Waals surface area contributed by atoms with Crippen LogP contribution in [-0.4, -0.2) is 5.78 Å². The summed E-state index contributed by atoms with van der Waals surface area (Å²) in [5.41, 5.74) is 0. The van der Waals surface area contributed by atoms with Crippen LogP contribution in [0.3, 0.4) is 0 Å². The van der Waals surface area contributed by atoms with Gasteiger partial charge in [-0.1, -0.05) is 103 Å². The molecule has 2 nitrogen and oxygen atoms in total. The lowest BCUT2D eigenvalue weighted by Crippen LogP contribution is -2.32. The maximum atomic E-state index is 12.9. The van der Waals surface area contributed by atoms with Crippen LogP contribution in [0.15, 0.2) is 30.6 Å². The second kappa shape index (κ2) is 20.7. The number of hydrogen-bond acceptors (Lipinski definition) is 1. The van der Waals surface area contributed by atoms with Crippen LogP contribution in [0.1, 0.15) is 136 Å². The van der Waals surface area contributed by atoms with Gasteiger partial charge in [-0.25, -0.2) is 4.57 Å². The molecule has 0 aliphatic heterocycles. The van der Waals surface area contributed by atoms with E-state index in [4.69, 9.17) is 0 Å². The largest absolute Gasteiger partial charge is 0.299 e. The topological polar surface area (TPSA) is 20.9 Å². The van der Waals surface area contributed by atoms with E-state index in [-0.39, 0.29) is 0 Å². The summed E-state index contributed by atoms with van der Waals surface area (Å²) in [5.74, 6) is 0.875. The van der Waals surface area contributed by atoms with Crippen molar-refractivity contribution in [1.82, 2.24) is 0 Å². The van der Waals surface area contributed by atoms with Crippen LogP contribution in [0.25, 0.3) is 0 Å². The highest BCUT2D eigenvalue weighted by molar-refractivity contribution is 5.80. The molecule has 0 saturated carbocycles. The Morgan fingerprint density at radius 2 is 1.10 bits per heavy atom. The molecular formula is C29H52NO+. The number of hydrogen-bond donors (Lipinski definition) is 0. The Morgan fingerprint density at radius 1 is 0.613 bits per heavy atom. The Labute approximate surface area is 194 Å². The number of aromatic nitrogens is 1. The Kier molecular flexibility index (Phi) is 18.6. The van der Waals surface area contributed by atoms with Crippen molar-refractivity contribution in [2.45, 2.75) is 142 Å². The quantitative estimate of drug-likeness (QED) is 0.133. The van der Waals surface area contributed by atoms with Crippen molar-refractivity contribution >= 4 is 5.78 Å². The maximum absolute atomic E-state index is 12.9. The van der Waals surface area contributed by atoms with Gasteiger partial charge in [-0.05, 0) is 25.7 Å². The highest BCUT2D eigenvalue weighted by atomic mass is 16.1. The average Bonchev–Trinajstić information content (AvgIpc) is 2.79. The van der Waals surface area contributed by atoms with E-state index in [9.17, 15) is 4.79 Å². The number of unbranched alkanes of at least 4 members (excludes halogenated alkanes) is 13. The number of ketones is 1. The first-order valence-corrected chi connectivity index (χ1v) is 13.7. The summed E-state index contributed by atoms with van der Waals surface area (Å²) in [6.07, 6.45) is 28.1. The summed E-state index contributed by atoms with van der Waals surface area (Å²) in [5, 5.41) is 0. The second-order valence-corrected chi connectivity index (χ2v) is 9.55. The van der Waals surface area contributed by atoms with E-state index in [1.54, 1.807) is 0 Å². The Bertz CT molecular complexity index is 513. The third-order valence-corrected chi connectivity index (χ3v) is 6.63.